The predicted molar refractivity (Wildman–Crippen MR) is 186 cm³/mol. The molecular weight excluding hydrogens is 536 g/mol. The predicted octanol–water partition coefficient (Wildman–Crippen LogP) is 10.9. The van der Waals surface area contributed by atoms with Crippen LogP contribution in [0.2, 0.25) is 0 Å². The van der Waals surface area contributed by atoms with Crippen molar-refractivity contribution in [3.63, 3.8) is 0 Å². The third-order valence-electron chi connectivity index (χ3n) is 8.66. The average Bonchev–Trinajstić information content (AvgIpc) is 2.93. The molecule has 0 aliphatic carbocycles. The van der Waals surface area contributed by atoms with Crippen LogP contribution in [0.25, 0.3) is 0 Å². The number of rotatable bonds is 5. The summed E-state index contributed by atoms with van der Waals surface area (Å²) in [5.74, 6) is 0.307. The van der Waals surface area contributed by atoms with Crippen LogP contribution in [0.3, 0.4) is 0 Å². The van der Waals surface area contributed by atoms with Crippen molar-refractivity contribution in [2.45, 2.75) is 105 Å². The van der Waals surface area contributed by atoms with E-state index in [1.807, 2.05) is 32.9 Å². The zero-order valence-corrected chi connectivity index (χ0v) is 29.1. The lowest BCUT2D eigenvalue weighted by Gasteiger charge is -2.38. The lowest BCUT2D eigenvalue weighted by Crippen LogP contribution is -2.31. The molecule has 2 nitrogen and oxygen atoms in total. The highest BCUT2D eigenvalue weighted by atomic mass is 16.5. The summed E-state index contributed by atoms with van der Waals surface area (Å²) in [6, 6.07) is 35.5. The summed E-state index contributed by atoms with van der Waals surface area (Å²) in [6.45, 7) is 25.9. The monoisotopic (exact) mass is 588 g/mol. The second-order valence-corrected chi connectivity index (χ2v) is 16.4. The molecule has 44 heavy (non-hydrogen) atoms. The van der Waals surface area contributed by atoms with Crippen molar-refractivity contribution in [2.24, 2.45) is 5.41 Å². The summed E-state index contributed by atoms with van der Waals surface area (Å²) in [4.78, 5) is 12.7. The lowest BCUT2D eigenvalue weighted by molar-refractivity contribution is -0.143. The van der Waals surface area contributed by atoms with Crippen LogP contribution in [-0.2, 0) is 26.5 Å². The first-order chi connectivity index (χ1) is 20.2. The van der Waals surface area contributed by atoms with E-state index in [0.29, 0.717) is 5.75 Å². The van der Waals surface area contributed by atoms with Gasteiger partial charge in [0.05, 0.1) is 10.8 Å². The van der Waals surface area contributed by atoms with E-state index in [9.17, 15) is 4.79 Å². The molecule has 0 fully saturated rings. The topological polar surface area (TPSA) is 26.3 Å². The van der Waals surface area contributed by atoms with Crippen LogP contribution in [-0.4, -0.2) is 5.97 Å². The van der Waals surface area contributed by atoms with Crippen LogP contribution < -0.4 is 4.74 Å². The van der Waals surface area contributed by atoms with E-state index in [2.05, 4.69) is 147 Å². The third kappa shape index (κ3) is 6.85. The Morgan fingerprint density at radius 2 is 0.614 bits per heavy atom. The smallest absolute Gasteiger partial charge is 0.316 e. The van der Waals surface area contributed by atoms with Gasteiger partial charge in [-0.3, -0.25) is 4.79 Å². The fourth-order valence-electron chi connectivity index (χ4n) is 5.69. The summed E-state index contributed by atoms with van der Waals surface area (Å²) in [5.41, 5.74) is 7.53. The molecule has 0 heterocycles. The lowest BCUT2D eigenvalue weighted by atomic mass is 9.64. The first-order valence-corrected chi connectivity index (χ1v) is 15.9. The van der Waals surface area contributed by atoms with Gasteiger partial charge in [0.15, 0.2) is 0 Å². The van der Waals surface area contributed by atoms with Crippen molar-refractivity contribution in [1.29, 1.82) is 0 Å². The van der Waals surface area contributed by atoms with Crippen LogP contribution in [0.15, 0.2) is 97.1 Å². The molecule has 4 aromatic carbocycles. The van der Waals surface area contributed by atoms with Crippen LogP contribution in [0, 0.1) is 5.41 Å². The van der Waals surface area contributed by atoms with Gasteiger partial charge in [-0.25, -0.2) is 0 Å². The zero-order chi connectivity index (χ0) is 32.7. The Morgan fingerprint density at radius 1 is 0.386 bits per heavy atom. The molecule has 0 saturated heterocycles. The number of carbonyl (C=O) groups is 1. The number of hydrogen-bond donors (Lipinski definition) is 0. The fraction of sp³-hybridized carbons (Fsp3) is 0.405. The Bertz CT molecular complexity index is 1420. The molecule has 0 aliphatic heterocycles. The summed E-state index contributed by atoms with van der Waals surface area (Å²) in [6.07, 6.45) is 0. The van der Waals surface area contributed by atoms with Gasteiger partial charge >= 0.3 is 5.97 Å². The highest BCUT2D eigenvalue weighted by molar-refractivity contribution is 5.78. The van der Waals surface area contributed by atoms with Crippen molar-refractivity contribution in [1.82, 2.24) is 0 Å². The van der Waals surface area contributed by atoms with Gasteiger partial charge in [0, 0.05) is 0 Å². The number of hydrogen-bond acceptors (Lipinski definition) is 2. The van der Waals surface area contributed by atoms with Gasteiger partial charge in [-0.05, 0) is 88.1 Å². The summed E-state index contributed by atoms with van der Waals surface area (Å²) < 4.78 is 5.78. The summed E-state index contributed by atoms with van der Waals surface area (Å²) in [5, 5.41) is 0. The van der Waals surface area contributed by atoms with Crippen molar-refractivity contribution in [3.8, 4) is 5.75 Å². The van der Waals surface area contributed by atoms with Crippen molar-refractivity contribution < 1.29 is 9.53 Å². The molecule has 0 N–H and O–H groups in total. The molecule has 232 valence electrons. The van der Waals surface area contributed by atoms with E-state index < -0.39 is 10.8 Å². The van der Waals surface area contributed by atoms with Crippen molar-refractivity contribution in [3.05, 3.63) is 136 Å². The molecule has 0 spiro atoms. The molecule has 0 aliphatic rings. The minimum Gasteiger partial charge on any atom is -0.426 e. The van der Waals surface area contributed by atoms with E-state index in [-0.39, 0.29) is 22.2 Å². The number of benzene rings is 4. The molecule has 0 radical (unpaired) electrons. The molecule has 2 heteroatoms. The molecule has 0 aromatic heterocycles. The second kappa shape index (κ2) is 11.7. The van der Waals surface area contributed by atoms with Gasteiger partial charge in [-0.1, -0.05) is 147 Å². The van der Waals surface area contributed by atoms with Crippen LogP contribution in [0.4, 0.5) is 0 Å². The van der Waals surface area contributed by atoms with Crippen LogP contribution in [0.5, 0.6) is 5.75 Å². The molecule has 0 saturated carbocycles. The van der Waals surface area contributed by atoms with Gasteiger partial charge in [-0.2, -0.15) is 0 Å². The Balaban J connectivity index is 2.03. The number of esters is 1. The molecular formula is C42H52O2. The highest BCUT2D eigenvalue weighted by Gasteiger charge is 2.39. The van der Waals surface area contributed by atoms with E-state index >= 15 is 0 Å². The molecule has 4 rings (SSSR count). The molecule has 4 aromatic rings. The Kier molecular flexibility index (Phi) is 8.84. The summed E-state index contributed by atoms with van der Waals surface area (Å²) >= 11 is 0. The maximum Gasteiger partial charge on any atom is 0.316 e. The largest absolute Gasteiger partial charge is 0.426 e. The first kappa shape index (κ1) is 33.2. The Morgan fingerprint density at radius 3 is 0.841 bits per heavy atom. The molecule has 0 atom stereocenters. The first-order valence-electron chi connectivity index (χ1n) is 15.9. The molecule has 0 bridgehead atoms. The second-order valence-electron chi connectivity index (χ2n) is 16.4. The maximum absolute atomic E-state index is 12.7. The number of carbonyl (C=O) groups excluding carboxylic acids is 1. The van der Waals surface area contributed by atoms with E-state index in [1.54, 1.807) is 0 Å². The van der Waals surface area contributed by atoms with Crippen molar-refractivity contribution >= 4 is 5.97 Å². The minimum absolute atomic E-state index is 0.0441. The van der Waals surface area contributed by atoms with Crippen LogP contribution >= 0.6 is 0 Å². The maximum atomic E-state index is 12.7. The van der Waals surface area contributed by atoms with Gasteiger partial charge in [0.1, 0.15) is 5.75 Å². The van der Waals surface area contributed by atoms with Gasteiger partial charge in [-0.15, -0.1) is 0 Å². The SMILES string of the molecule is CC(C)(C)C(=O)Oc1ccc(C(c2ccc(C(C)(C)C)cc2)(c2ccc(C(C)(C)C)cc2)c2ccc(C(C)(C)C)cc2)cc1. The normalized spacial score (nSPS) is 13.1. The minimum atomic E-state index is -0.601. The average molecular weight is 589 g/mol. The molecule has 0 unspecified atom stereocenters. The van der Waals surface area contributed by atoms with Crippen LogP contribution in [0.1, 0.15) is 122 Å². The van der Waals surface area contributed by atoms with E-state index in [1.165, 1.54) is 33.4 Å². The fourth-order valence-corrected chi connectivity index (χ4v) is 5.69. The van der Waals surface area contributed by atoms with E-state index in [4.69, 9.17) is 4.74 Å². The van der Waals surface area contributed by atoms with Gasteiger partial charge in [0.25, 0.3) is 0 Å². The highest BCUT2D eigenvalue weighted by Crippen LogP contribution is 2.47. The summed E-state index contributed by atoms with van der Waals surface area (Å²) in [7, 11) is 0. The molecule has 0 amide bonds. The zero-order valence-electron chi connectivity index (χ0n) is 29.1. The quantitative estimate of drug-likeness (QED) is 0.132. The Hall–Kier alpha value is -3.65. The van der Waals surface area contributed by atoms with E-state index in [0.717, 1.165) is 5.56 Å². The Labute approximate surface area is 266 Å². The standard InChI is InChI=1S/C42H52O2/c1-38(2,3)29-13-19-32(20-14-29)42(33-21-15-30(16-22-33)39(4,5)6,34-23-17-31(18-24-34)40(7,8)9)35-25-27-36(28-26-35)44-37(43)41(10,11)12/h13-28H,1-12H3. The van der Waals surface area contributed by atoms with Crippen molar-refractivity contribution in [2.75, 3.05) is 0 Å². The number of ether oxygens (including phenoxy) is 1. The van der Waals surface area contributed by atoms with Gasteiger partial charge in [0.2, 0.25) is 0 Å². The third-order valence-corrected chi connectivity index (χ3v) is 8.66. The van der Waals surface area contributed by atoms with Gasteiger partial charge < -0.3 is 4.74 Å².